The summed E-state index contributed by atoms with van der Waals surface area (Å²) in [5, 5.41) is 7.79. The van der Waals surface area contributed by atoms with Gasteiger partial charge in [-0.05, 0) is 55.5 Å². The van der Waals surface area contributed by atoms with Crippen molar-refractivity contribution in [2.45, 2.75) is 59.7 Å². The lowest BCUT2D eigenvalue weighted by Crippen LogP contribution is -2.33. The highest BCUT2D eigenvalue weighted by Gasteiger charge is 2.23. The molecular formula is C23H30N4O4S. The van der Waals surface area contributed by atoms with Crippen LogP contribution in [0.15, 0.2) is 34.8 Å². The van der Waals surface area contributed by atoms with Gasteiger partial charge < -0.3 is 15.4 Å². The standard InChI is InChI=1S/C23H30N4O4S/c1-15-12-16(7-8-17(15)25-19(28)13-23(2,3)4)20(29)26-22-27(10-11-32-22)14-31-21(30)18-6-5-9-24-18/h7-8,10-12,18,24H,5-6,9,13-14H2,1-4H3,(H,25,28)/b26-22-. The zero-order valence-electron chi connectivity index (χ0n) is 18.9. The third-order valence-corrected chi connectivity index (χ3v) is 5.78. The molecule has 0 spiro atoms. The Balaban J connectivity index is 1.66. The maximum Gasteiger partial charge on any atom is 0.324 e. The molecule has 1 aromatic heterocycles. The number of carbonyl (C=O) groups excluding carboxylic acids is 3. The summed E-state index contributed by atoms with van der Waals surface area (Å²) in [6.45, 7) is 8.68. The van der Waals surface area contributed by atoms with Gasteiger partial charge in [0, 0.05) is 29.2 Å². The molecule has 1 aliphatic rings. The van der Waals surface area contributed by atoms with Crippen molar-refractivity contribution in [3.8, 4) is 0 Å². The highest BCUT2D eigenvalue weighted by Crippen LogP contribution is 2.22. The molecule has 1 atom stereocenters. The molecular weight excluding hydrogens is 428 g/mol. The van der Waals surface area contributed by atoms with Crippen molar-refractivity contribution < 1.29 is 19.1 Å². The van der Waals surface area contributed by atoms with Crippen molar-refractivity contribution in [1.29, 1.82) is 0 Å². The number of ether oxygens (including phenoxy) is 1. The van der Waals surface area contributed by atoms with Crippen LogP contribution >= 0.6 is 11.3 Å². The van der Waals surface area contributed by atoms with Gasteiger partial charge in [-0.2, -0.15) is 4.99 Å². The van der Waals surface area contributed by atoms with E-state index >= 15 is 0 Å². The number of esters is 1. The number of thiazole rings is 1. The molecule has 172 valence electrons. The molecule has 2 heterocycles. The minimum absolute atomic E-state index is 0.00437. The normalized spacial score (nSPS) is 16.8. The van der Waals surface area contributed by atoms with E-state index < -0.39 is 5.91 Å². The van der Waals surface area contributed by atoms with Crippen molar-refractivity contribution in [2.24, 2.45) is 10.4 Å². The van der Waals surface area contributed by atoms with Crippen LogP contribution in [0.25, 0.3) is 0 Å². The van der Waals surface area contributed by atoms with E-state index in [1.54, 1.807) is 34.3 Å². The Hall–Kier alpha value is -2.78. The van der Waals surface area contributed by atoms with E-state index in [0.29, 0.717) is 22.5 Å². The van der Waals surface area contributed by atoms with E-state index in [9.17, 15) is 14.4 Å². The van der Waals surface area contributed by atoms with Crippen LogP contribution in [-0.4, -0.2) is 34.9 Å². The number of hydrogen-bond donors (Lipinski definition) is 2. The van der Waals surface area contributed by atoms with Crippen molar-refractivity contribution in [3.63, 3.8) is 0 Å². The number of nitrogens with one attached hydrogen (secondary N) is 2. The van der Waals surface area contributed by atoms with E-state index in [1.807, 2.05) is 27.7 Å². The van der Waals surface area contributed by atoms with Crippen LogP contribution in [0.1, 0.15) is 56.0 Å². The van der Waals surface area contributed by atoms with Crippen LogP contribution < -0.4 is 15.4 Å². The Morgan fingerprint density at radius 2 is 2.09 bits per heavy atom. The second kappa shape index (κ2) is 10.2. The van der Waals surface area contributed by atoms with Crippen LogP contribution in [0.2, 0.25) is 0 Å². The van der Waals surface area contributed by atoms with Gasteiger partial charge in [-0.3, -0.25) is 19.0 Å². The van der Waals surface area contributed by atoms with Gasteiger partial charge in [0.05, 0.1) is 0 Å². The van der Waals surface area contributed by atoms with E-state index in [1.165, 1.54) is 11.3 Å². The molecule has 1 unspecified atom stereocenters. The molecule has 2 amide bonds. The quantitative estimate of drug-likeness (QED) is 0.647. The lowest BCUT2D eigenvalue weighted by molar-refractivity contribution is -0.149. The molecule has 1 aromatic carbocycles. The monoisotopic (exact) mass is 458 g/mol. The van der Waals surface area contributed by atoms with Gasteiger partial charge in [0.25, 0.3) is 5.91 Å². The number of hydrogen-bond acceptors (Lipinski definition) is 6. The van der Waals surface area contributed by atoms with Crippen molar-refractivity contribution in [2.75, 3.05) is 11.9 Å². The number of amides is 2. The number of aromatic nitrogens is 1. The van der Waals surface area contributed by atoms with Crippen LogP contribution in [0.4, 0.5) is 5.69 Å². The molecule has 1 aliphatic heterocycles. The summed E-state index contributed by atoms with van der Waals surface area (Å²) in [6.07, 6.45) is 3.86. The Labute approximate surface area is 191 Å². The topological polar surface area (TPSA) is 102 Å². The first-order valence-electron chi connectivity index (χ1n) is 10.7. The van der Waals surface area contributed by atoms with Gasteiger partial charge in [-0.15, -0.1) is 11.3 Å². The Bertz CT molecular complexity index is 1060. The highest BCUT2D eigenvalue weighted by molar-refractivity contribution is 7.07. The molecule has 32 heavy (non-hydrogen) atoms. The van der Waals surface area contributed by atoms with Crippen LogP contribution in [0, 0.1) is 12.3 Å². The summed E-state index contributed by atoms with van der Waals surface area (Å²) >= 11 is 1.29. The fourth-order valence-electron chi connectivity index (χ4n) is 3.37. The van der Waals surface area contributed by atoms with Crippen LogP contribution in [0.3, 0.4) is 0 Å². The first-order chi connectivity index (χ1) is 15.1. The fourth-order valence-corrected chi connectivity index (χ4v) is 4.08. The molecule has 0 saturated carbocycles. The molecule has 9 heteroatoms. The molecule has 2 aromatic rings. The molecule has 3 rings (SSSR count). The van der Waals surface area contributed by atoms with Crippen molar-refractivity contribution >= 4 is 34.8 Å². The van der Waals surface area contributed by atoms with Gasteiger partial charge >= 0.3 is 5.97 Å². The highest BCUT2D eigenvalue weighted by atomic mass is 32.1. The Kier molecular flexibility index (Phi) is 7.63. The van der Waals surface area contributed by atoms with Crippen LogP contribution in [-0.2, 0) is 21.1 Å². The van der Waals surface area contributed by atoms with Gasteiger partial charge in [0.2, 0.25) is 5.91 Å². The maximum atomic E-state index is 12.7. The molecule has 0 aliphatic carbocycles. The second-order valence-electron chi connectivity index (χ2n) is 9.13. The van der Waals surface area contributed by atoms with Crippen molar-refractivity contribution in [3.05, 3.63) is 45.7 Å². The van der Waals surface area contributed by atoms with E-state index in [2.05, 4.69) is 15.6 Å². The summed E-state index contributed by atoms with van der Waals surface area (Å²) in [5.74, 6) is -0.759. The molecule has 0 bridgehead atoms. The molecule has 1 saturated heterocycles. The zero-order chi connectivity index (χ0) is 23.3. The average molecular weight is 459 g/mol. The Morgan fingerprint density at radius 3 is 2.75 bits per heavy atom. The predicted molar refractivity (Wildman–Crippen MR) is 123 cm³/mol. The van der Waals surface area contributed by atoms with E-state index in [-0.39, 0.29) is 30.1 Å². The smallest absolute Gasteiger partial charge is 0.324 e. The van der Waals surface area contributed by atoms with Crippen LogP contribution in [0.5, 0.6) is 0 Å². The number of aryl methyl sites for hydroxylation is 1. The number of benzene rings is 1. The third-order valence-electron chi connectivity index (χ3n) is 4.99. The lowest BCUT2D eigenvalue weighted by Gasteiger charge is -2.18. The SMILES string of the molecule is Cc1cc(C(=O)/N=c2\sccn2COC(=O)C2CCCN2)ccc1NC(=O)CC(C)(C)C. The largest absolute Gasteiger partial charge is 0.443 e. The summed E-state index contributed by atoms with van der Waals surface area (Å²) in [5.41, 5.74) is 1.77. The zero-order valence-corrected chi connectivity index (χ0v) is 19.8. The second-order valence-corrected chi connectivity index (χ2v) is 10.0. The first-order valence-corrected chi connectivity index (χ1v) is 11.5. The molecule has 1 fully saturated rings. The van der Waals surface area contributed by atoms with Gasteiger partial charge in [-0.1, -0.05) is 20.8 Å². The maximum absolute atomic E-state index is 12.7. The summed E-state index contributed by atoms with van der Waals surface area (Å²) in [4.78, 5) is 41.6. The summed E-state index contributed by atoms with van der Waals surface area (Å²) in [6, 6.07) is 4.82. The molecule has 0 radical (unpaired) electrons. The minimum atomic E-state index is -0.402. The summed E-state index contributed by atoms with van der Waals surface area (Å²) in [7, 11) is 0. The number of rotatable bonds is 6. The Morgan fingerprint density at radius 1 is 1.31 bits per heavy atom. The fraction of sp³-hybridized carbons (Fsp3) is 0.478. The van der Waals surface area contributed by atoms with Crippen molar-refractivity contribution in [1.82, 2.24) is 9.88 Å². The number of anilines is 1. The average Bonchev–Trinajstić information content (AvgIpc) is 3.38. The molecule has 8 nitrogen and oxygen atoms in total. The third kappa shape index (κ3) is 6.61. The first kappa shape index (κ1) is 23.9. The van der Waals surface area contributed by atoms with E-state index in [0.717, 1.165) is 24.9 Å². The van der Waals surface area contributed by atoms with Gasteiger partial charge in [0.1, 0.15) is 6.04 Å². The van der Waals surface area contributed by atoms with E-state index in [4.69, 9.17) is 4.74 Å². The number of nitrogens with zero attached hydrogens (tertiary/aromatic N) is 2. The summed E-state index contributed by atoms with van der Waals surface area (Å²) < 4.78 is 6.99. The predicted octanol–water partition coefficient (Wildman–Crippen LogP) is 3.23. The lowest BCUT2D eigenvalue weighted by atomic mass is 9.92. The minimum Gasteiger partial charge on any atom is -0.443 e. The van der Waals surface area contributed by atoms with Gasteiger partial charge in [0.15, 0.2) is 11.5 Å². The number of carbonyl (C=O) groups is 3. The van der Waals surface area contributed by atoms with Gasteiger partial charge in [-0.25, -0.2) is 0 Å². The molecule has 2 N–H and O–H groups in total.